The van der Waals surface area contributed by atoms with E-state index in [4.69, 9.17) is 5.84 Å². The van der Waals surface area contributed by atoms with Crippen LogP contribution in [0.1, 0.15) is 69.8 Å². The Hall–Kier alpha value is -0.860. The molecule has 2 fully saturated rings. The van der Waals surface area contributed by atoms with Gasteiger partial charge in [-0.05, 0) is 37.2 Å². The number of hydrazine groups is 1. The molecule has 0 bridgehead atoms. The molecule has 0 aromatic heterocycles. The van der Waals surface area contributed by atoms with Crippen LogP contribution in [0, 0.1) is 5.92 Å². The first-order valence-corrected chi connectivity index (χ1v) is 8.88. The van der Waals surface area contributed by atoms with E-state index in [0.717, 1.165) is 5.92 Å². The molecule has 1 aromatic rings. The summed E-state index contributed by atoms with van der Waals surface area (Å²) >= 11 is 0. The van der Waals surface area contributed by atoms with Crippen molar-refractivity contribution >= 4 is 0 Å². The molecule has 3 N–H and O–H groups in total. The third-order valence-corrected chi connectivity index (χ3v) is 5.99. The number of hydrogen-bond acceptors (Lipinski definition) is 2. The number of hydrogen-bond donors (Lipinski definition) is 2. The first-order chi connectivity index (χ1) is 10.4. The zero-order chi connectivity index (χ0) is 14.5. The second-order valence-electron chi connectivity index (χ2n) is 7.13. The van der Waals surface area contributed by atoms with Gasteiger partial charge < -0.3 is 0 Å². The molecule has 2 aliphatic carbocycles. The van der Waals surface area contributed by atoms with Gasteiger partial charge in [-0.1, -0.05) is 68.9 Å². The smallest absolute Gasteiger partial charge is 0.0335 e. The molecule has 1 aromatic carbocycles. The first kappa shape index (κ1) is 15.1. The summed E-state index contributed by atoms with van der Waals surface area (Å²) in [4.78, 5) is 0. The number of nitrogens with two attached hydrogens (primary N) is 1. The van der Waals surface area contributed by atoms with E-state index in [2.05, 4.69) is 35.8 Å². The van der Waals surface area contributed by atoms with Crippen LogP contribution >= 0.6 is 0 Å². The zero-order valence-corrected chi connectivity index (χ0v) is 13.2. The molecular weight excluding hydrogens is 256 g/mol. The van der Waals surface area contributed by atoms with Crippen LogP contribution in [0.5, 0.6) is 0 Å². The maximum atomic E-state index is 6.11. The lowest BCUT2D eigenvalue weighted by atomic mass is 9.60. The van der Waals surface area contributed by atoms with Crippen LogP contribution in [0.3, 0.4) is 0 Å². The maximum Gasteiger partial charge on any atom is 0.0335 e. The van der Waals surface area contributed by atoms with Crippen molar-refractivity contribution < 1.29 is 0 Å². The fourth-order valence-corrected chi connectivity index (χ4v) is 4.95. The van der Waals surface area contributed by atoms with Crippen LogP contribution in [0.25, 0.3) is 0 Å². The monoisotopic (exact) mass is 286 g/mol. The van der Waals surface area contributed by atoms with E-state index in [1.165, 1.54) is 69.8 Å². The van der Waals surface area contributed by atoms with Gasteiger partial charge in [-0.25, -0.2) is 0 Å². The molecule has 116 valence electrons. The van der Waals surface area contributed by atoms with E-state index in [-0.39, 0.29) is 5.41 Å². The van der Waals surface area contributed by atoms with Crippen LogP contribution in [-0.4, -0.2) is 6.04 Å². The number of benzene rings is 1. The predicted molar refractivity (Wildman–Crippen MR) is 88.9 cm³/mol. The Kier molecular flexibility index (Phi) is 4.97. The molecule has 0 amide bonds. The Bertz CT molecular complexity index is 416. The third kappa shape index (κ3) is 3.02. The van der Waals surface area contributed by atoms with E-state index in [0.29, 0.717) is 6.04 Å². The highest BCUT2D eigenvalue weighted by atomic mass is 15.2. The summed E-state index contributed by atoms with van der Waals surface area (Å²) < 4.78 is 0. The summed E-state index contributed by atoms with van der Waals surface area (Å²) in [7, 11) is 0. The zero-order valence-electron chi connectivity index (χ0n) is 13.2. The Balaban J connectivity index is 1.93. The topological polar surface area (TPSA) is 38.0 Å². The predicted octanol–water partition coefficient (Wildman–Crippen LogP) is 4.30. The molecule has 2 heteroatoms. The molecule has 2 aliphatic rings. The molecule has 0 spiro atoms. The fraction of sp³-hybridized carbons (Fsp3) is 0.684. The van der Waals surface area contributed by atoms with Crippen LogP contribution in [0.15, 0.2) is 30.3 Å². The molecule has 1 unspecified atom stereocenters. The van der Waals surface area contributed by atoms with Gasteiger partial charge in [0.15, 0.2) is 0 Å². The quantitative estimate of drug-likeness (QED) is 0.639. The van der Waals surface area contributed by atoms with Crippen molar-refractivity contribution in [2.24, 2.45) is 11.8 Å². The van der Waals surface area contributed by atoms with Crippen molar-refractivity contribution in [1.82, 2.24) is 5.43 Å². The van der Waals surface area contributed by atoms with Gasteiger partial charge in [-0.3, -0.25) is 11.3 Å². The van der Waals surface area contributed by atoms with Gasteiger partial charge >= 0.3 is 0 Å². The SMILES string of the molecule is NNC(C1CCCCC1)C1(c2ccccc2)CCCCC1. The summed E-state index contributed by atoms with van der Waals surface area (Å²) in [5.41, 5.74) is 5.05. The largest absolute Gasteiger partial charge is 0.271 e. The lowest BCUT2D eigenvalue weighted by molar-refractivity contribution is 0.136. The van der Waals surface area contributed by atoms with Gasteiger partial charge in [0.1, 0.15) is 0 Å². The van der Waals surface area contributed by atoms with Gasteiger partial charge in [-0.2, -0.15) is 0 Å². The van der Waals surface area contributed by atoms with E-state index in [9.17, 15) is 0 Å². The summed E-state index contributed by atoms with van der Waals surface area (Å²) in [6, 6.07) is 11.6. The molecule has 3 rings (SSSR count). The Labute approximate surface area is 129 Å². The second kappa shape index (κ2) is 6.93. The minimum atomic E-state index is 0.260. The highest BCUT2D eigenvalue weighted by Gasteiger charge is 2.44. The van der Waals surface area contributed by atoms with Crippen molar-refractivity contribution in [3.63, 3.8) is 0 Å². The average Bonchev–Trinajstić information content (AvgIpc) is 2.58. The van der Waals surface area contributed by atoms with Crippen LogP contribution < -0.4 is 11.3 Å². The standard InChI is InChI=1S/C19H30N2/c20-21-18(16-10-4-1-5-11-16)19(14-8-3-9-15-19)17-12-6-2-7-13-17/h2,6-7,12-13,16,18,21H,1,3-5,8-11,14-15,20H2. The van der Waals surface area contributed by atoms with E-state index in [1.807, 2.05) is 0 Å². The van der Waals surface area contributed by atoms with Crippen LogP contribution in [-0.2, 0) is 5.41 Å². The maximum absolute atomic E-state index is 6.11. The summed E-state index contributed by atoms with van der Waals surface area (Å²) in [6.45, 7) is 0. The highest BCUT2D eigenvalue weighted by Crippen LogP contribution is 2.46. The van der Waals surface area contributed by atoms with Gasteiger partial charge in [0.05, 0.1) is 0 Å². The molecule has 0 radical (unpaired) electrons. The average molecular weight is 286 g/mol. The van der Waals surface area contributed by atoms with E-state index >= 15 is 0 Å². The number of rotatable bonds is 4. The highest BCUT2D eigenvalue weighted by molar-refractivity contribution is 5.29. The Morgan fingerprint density at radius 1 is 0.905 bits per heavy atom. The molecule has 0 saturated heterocycles. The summed E-state index contributed by atoms with van der Waals surface area (Å²) in [6.07, 6.45) is 13.5. The van der Waals surface area contributed by atoms with Gasteiger partial charge in [0.25, 0.3) is 0 Å². The van der Waals surface area contributed by atoms with E-state index < -0.39 is 0 Å². The van der Waals surface area contributed by atoms with Gasteiger partial charge in [0.2, 0.25) is 0 Å². The van der Waals surface area contributed by atoms with Crippen molar-refractivity contribution in [3.05, 3.63) is 35.9 Å². The fourth-order valence-electron chi connectivity index (χ4n) is 4.95. The minimum absolute atomic E-state index is 0.260. The molecular formula is C19H30N2. The lowest BCUT2D eigenvalue weighted by Gasteiger charge is -2.48. The van der Waals surface area contributed by atoms with E-state index in [1.54, 1.807) is 0 Å². The van der Waals surface area contributed by atoms with Crippen molar-refractivity contribution in [1.29, 1.82) is 0 Å². The van der Waals surface area contributed by atoms with Crippen LogP contribution in [0.2, 0.25) is 0 Å². The summed E-state index contributed by atoms with van der Waals surface area (Å²) in [5.74, 6) is 6.86. The second-order valence-corrected chi connectivity index (χ2v) is 7.13. The van der Waals surface area contributed by atoms with Crippen molar-refractivity contribution in [2.75, 3.05) is 0 Å². The van der Waals surface area contributed by atoms with Crippen molar-refractivity contribution in [3.8, 4) is 0 Å². The third-order valence-electron chi connectivity index (χ3n) is 5.99. The molecule has 0 heterocycles. The molecule has 1 atom stereocenters. The Morgan fingerprint density at radius 2 is 1.52 bits per heavy atom. The molecule has 0 aliphatic heterocycles. The van der Waals surface area contributed by atoms with Crippen molar-refractivity contribution in [2.45, 2.75) is 75.7 Å². The molecule has 2 nitrogen and oxygen atoms in total. The lowest BCUT2D eigenvalue weighted by Crippen LogP contribution is -2.56. The molecule has 2 saturated carbocycles. The Morgan fingerprint density at radius 3 is 2.14 bits per heavy atom. The number of nitrogens with one attached hydrogen (secondary N) is 1. The minimum Gasteiger partial charge on any atom is -0.271 e. The normalized spacial score (nSPS) is 24.6. The van der Waals surface area contributed by atoms with Gasteiger partial charge in [-0.15, -0.1) is 0 Å². The summed E-state index contributed by atoms with van der Waals surface area (Å²) in [5, 5.41) is 0. The van der Waals surface area contributed by atoms with Gasteiger partial charge in [0, 0.05) is 11.5 Å². The molecule has 21 heavy (non-hydrogen) atoms. The van der Waals surface area contributed by atoms with Crippen LogP contribution in [0.4, 0.5) is 0 Å². The first-order valence-electron chi connectivity index (χ1n) is 8.88.